The fourth-order valence-corrected chi connectivity index (χ4v) is 3.97. The van der Waals surface area contributed by atoms with Crippen LogP contribution < -0.4 is 14.4 Å². The summed E-state index contributed by atoms with van der Waals surface area (Å²) in [5.41, 5.74) is 4.64. The largest absolute Gasteiger partial charge is 0.493 e. The molecule has 0 saturated carbocycles. The predicted octanol–water partition coefficient (Wildman–Crippen LogP) is 5.11. The number of carbonyl (C=O) groups excluding carboxylic acids is 1. The third-order valence-electron chi connectivity index (χ3n) is 5.53. The Kier molecular flexibility index (Phi) is 7.50. The van der Waals surface area contributed by atoms with E-state index in [1.165, 1.54) is 16.8 Å². The fourth-order valence-electron chi connectivity index (χ4n) is 3.70. The van der Waals surface area contributed by atoms with E-state index in [2.05, 4.69) is 36.9 Å². The van der Waals surface area contributed by atoms with Crippen molar-refractivity contribution in [1.29, 1.82) is 0 Å². The number of nitrogens with zero attached hydrogens (tertiary/aromatic N) is 2. The minimum atomic E-state index is -0.0170. The number of piperazine rings is 1. The van der Waals surface area contributed by atoms with E-state index < -0.39 is 0 Å². The molecule has 0 radical (unpaired) electrons. The highest BCUT2D eigenvalue weighted by Gasteiger charge is 2.21. The Bertz CT molecular complexity index is 963. The van der Waals surface area contributed by atoms with Gasteiger partial charge in [-0.2, -0.15) is 0 Å². The predicted molar refractivity (Wildman–Crippen MR) is 128 cm³/mol. The van der Waals surface area contributed by atoms with Crippen LogP contribution in [0.3, 0.4) is 0 Å². The third-order valence-corrected chi connectivity index (χ3v) is 5.81. The maximum absolute atomic E-state index is 12.7. The zero-order valence-corrected chi connectivity index (χ0v) is 19.7. The fraction of sp³-hybridized carbons (Fsp3) is 0.400. The Morgan fingerprint density at radius 2 is 1.84 bits per heavy atom. The van der Waals surface area contributed by atoms with Crippen molar-refractivity contribution in [1.82, 2.24) is 4.90 Å². The quantitative estimate of drug-likeness (QED) is 0.582. The molecule has 1 aliphatic rings. The summed E-state index contributed by atoms with van der Waals surface area (Å²) in [5, 5.41) is 0.460. The van der Waals surface area contributed by atoms with Gasteiger partial charge in [0.25, 0.3) is 0 Å². The number of amides is 1. The van der Waals surface area contributed by atoms with Gasteiger partial charge >= 0.3 is 0 Å². The molecule has 0 spiro atoms. The van der Waals surface area contributed by atoms with Gasteiger partial charge in [0, 0.05) is 37.9 Å². The zero-order valence-electron chi connectivity index (χ0n) is 18.9. The van der Waals surface area contributed by atoms with Crippen molar-refractivity contribution in [3.8, 4) is 11.5 Å². The summed E-state index contributed by atoms with van der Waals surface area (Å²) >= 11 is 6.38. The normalized spacial score (nSPS) is 14.4. The first kappa shape index (κ1) is 23.0. The van der Waals surface area contributed by atoms with Crippen LogP contribution in [0.1, 0.15) is 30.5 Å². The van der Waals surface area contributed by atoms with E-state index in [1.54, 1.807) is 25.3 Å². The molecule has 1 saturated heterocycles. The summed E-state index contributed by atoms with van der Waals surface area (Å²) < 4.78 is 11.2. The lowest BCUT2D eigenvalue weighted by molar-refractivity contribution is -0.126. The minimum absolute atomic E-state index is 0.00166. The molecule has 0 aromatic heterocycles. The Labute approximate surface area is 190 Å². The molecule has 0 bridgehead atoms. The van der Waals surface area contributed by atoms with Crippen LogP contribution in [0.5, 0.6) is 11.5 Å². The molecule has 1 fully saturated rings. The molecular weight excluding hydrogens is 412 g/mol. The number of aryl methyl sites for hydroxylation is 1. The van der Waals surface area contributed by atoms with E-state index in [0.717, 1.165) is 18.7 Å². The van der Waals surface area contributed by atoms with Gasteiger partial charge in [0.2, 0.25) is 5.91 Å². The zero-order chi connectivity index (χ0) is 22.5. The van der Waals surface area contributed by atoms with E-state index in [9.17, 15) is 4.79 Å². The van der Waals surface area contributed by atoms with Crippen molar-refractivity contribution in [3.63, 3.8) is 0 Å². The third kappa shape index (κ3) is 5.53. The topological polar surface area (TPSA) is 42.0 Å². The van der Waals surface area contributed by atoms with Crippen molar-refractivity contribution in [2.45, 2.75) is 33.8 Å². The SMILES string of the molecule is COc1cc(/C=C/C(=O)N2CCN(c3cccc(C)c3C)CC2)cc(Cl)c1OC(C)C. The lowest BCUT2D eigenvalue weighted by Gasteiger charge is -2.36. The summed E-state index contributed by atoms with van der Waals surface area (Å²) in [4.78, 5) is 17.0. The Balaban J connectivity index is 1.64. The number of benzene rings is 2. The summed E-state index contributed by atoms with van der Waals surface area (Å²) in [5.74, 6) is 1.07. The second kappa shape index (κ2) is 10.1. The van der Waals surface area contributed by atoms with E-state index >= 15 is 0 Å². The van der Waals surface area contributed by atoms with Crippen LogP contribution in [0.15, 0.2) is 36.4 Å². The number of ether oxygens (including phenoxy) is 2. The first-order chi connectivity index (χ1) is 14.8. The lowest BCUT2D eigenvalue weighted by atomic mass is 10.1. The Morgan fingerprint density at radius 3 is 2.48 bits per heavy atom. The van der Waals surface area contributed by atoms with Gasteiger partial charge in [0.1, 0.15) is 0 Å². The molecule has 1 amide bonds. The maximum atomic E-state index is 12.7. The van der Waals surface area contributed by atoms with Crippen molar-refractivity contribution in [2.24, 2.45) is 0 Å². The van der Waals surface area contributed by atoms with Crippen LogP contribution in [0.25, 0.3) is 6.08 Å². The van der Waals surface area contributed by atoms with Crippen LogP contribution in [0, 0.1) is 13.8 Å². The Hall–Kier alpha value is -2.66. The minimum Gasteiger partial charge on any atom is -0.493 e. The molecule has 31 heavy (non-hydrogen) atoms. The Morgan fingerprint density at radius 1 is 1.13 bits per heavy atom. The molecule has 0 aliphatic carbocycles. The van der Waals surface area contributed by atoms with Gasteiger partial charge in [-0.25, -0.2) is 0 Å². The number of hydrogen-bond acceptors (Lipinski definition) is 4. The van der Waals surface area contributed by atoms with E-state index in [4.69, 9.17) is 21.1 Å². The summed E-state index contributed by atoms with van der Waals surface area (Å²) in [6.07, 6.45) is 3.35. The van der Waals surface area contributed by atoms with Gasteiger partial charge in [-0.1, -0.05) is 23.7 Å². The van der Waals surface area contributed by atoms with Gasteiger partial charge in [0.05, 0.1) is 18.2 Å². The molecule has 0 atom stereocenters. The molecule has 5 nitrogen and oxygen atoms in total. The molecule has 0 unspecified atom stereocenters. The molecule has 166 valence electrons. The first-order valence-corrected chi connectivity index (χ1v) is 11.0. The highest BCUT2D eigenvalue weighted by Crippen LogP contribution is 2.37. The average Bonchev–Trinajstić information content (AvgIpc) is 2.75. The second-order valence-corrected chi connectivity index (χ2v) is 8.47. The van der Waals surface area contributed by atoms with Gasteiger partial charge < -0.3 is 19.3 Å². The second-order valence-electron chi connectivity index (χ2n) is 8.07. The molecule has 2 aromatic rings. The highest BCUT2D eigenvalue weighted by atomic mass is 35.5. The standard InChI is InChI=1S/C25H31ClN2O3/c1-17(2)31-25-21(26)15-20(16-23(25)30-5)9-10-24(29)28-13-11-27(12-14-28)22-8-6-7-18(3)19(22)4/h6-10,15-17H,11-14H2,1-5H3/b10-9+. The van der Waals surface area contributed by atoms with Gasteiger partial charge in [-0.3, -0.25) is 4.79 Å². The lowest BCUT2D eigenvalue weighted by Crippen LogP contribution is -2.48. The highest BCUT2D eigenvalue weighted by molar-refractivity contribution is 6.32. The smallest absolute Gasteiger partial charge is 0.246 e. The monoisotopic (exact) mass is 442 g/mol. The number of halogens is 1. The number of anilines is 1. The summed E-state index contributed by atoms with van der Waals surface area (Å²) in [6.45, 7) is 11.2. The van der Waals surface area contributed by atoms with Crippen molar-refractivity contribution in [3.05, 3.63) is 58.1 Å². The van der Waals surface area contributed by atoms with Crippen LogP contribution in [-0.4, -0.2) is 50.2 Å². The van der Waals surface area contributed by atoms with Crippen LogP contribution >= 0.6 is 11.6 Å². The van der Waals surface area contributed by atoms with E-state index in [0.29, 0.717) is 29.6 Å². The summed E-state index contributed by atoms with van der Waals surface area (Å²) in [6, 6.07) is 9.99. The summed E-state index contributed by atoms with van der Waals surface area (Å²) in [7, 11) is 1.58. The number of rotatable bonds is 6. The molecule has 1 aliphatic heterocycles. The van der Waals surface area contributed by atoms with Crippen molar-refractivity contribution >= 4 is 29.3 Å². The van der Waals surface area contributed by atoms with Crippen molar-refractivity contribution in [2.75, 3.05) is 38.2 Å². The van der Waals surface area contributed by atoms with E-state index in [-0.39, 0.29) is 12.0 Å². The molecule has 6 heteroatoms. The van der Waals surface area contributed by atoms with Crippen LogP contribution in [0.4, 0.5) is 5.69 Å². The molecule has 3 rings (SSSR count). The number of methoxy groups -OCH3 is 1. The maximum Gasteiger partial charge on any atom is 0.246 e. The molecule has 0 N–H and O–H groups in total. The van der Waals surface area contributed by atoms with Gasteiger partial charge in [0.15, 0.2) is 11.5 Å². The van der Waals surface area contributed by atoms with Crippen LogP contribution in [0.2, 0.25) is 5.02 Å². The first-order valence-electron chi connectivity index (χ1n) is 10.6. The molecule has 2 aromatic carbocycles. The average molecular weight is 443 g/mol. The number of carbonyl (C=O) groups is 1. The van der Waals surface area contributed by atoms with Crippen molar-refractivity contribution < 1.29 is 14.3 Å². The number of hydrogen-bond donors (Lipinski definition) is 0. The molecular formula is C25H31ClN2O3. The van der Waals surface area contributed by atoms with Gasteiger partial charge in [-0.15, -0.1) is 0 Å². The van der Waals surface area contributed by atoms with Crippen LogP contribution in [-0.2, 0) is 4.79 Å². The van der Waals surface area contributed by atoms with E-state index in [1.807, 2.05) is 24.8 Å². The molecule has 1 heterocycles. The van der Waals surface area contributed by atoms with Gasteiger partial charge in [-0.05, 0) is 68.7 Å².